The number of halogens is 1. The van der Waals surface area contributed by atoms with Crippen molar-refractivity contribution in [2.75, 3.05) is 12.4 Å². The van der Waals surface area contributed by atoms with E-state index in [9.17, 15) is 9.18 Å². The van der Waals surface area contributed by atoms with Crippen LogP contribution in [0.1, 0.15) is 24.6 Å². The second-order valence-electron chi connectivity index (χ2n) is 6.94. The molecule has 0 aliphatic rings. The summed E-state index contributed by atoms with van der Waals surface area (Å²) in [4.78, 5) is 16.7. The zero-order valence-electron chi connectivity index (χ0n) is 17.4. The van der Waals surface area contributed by atoms with Crippen molar-refractivity contribution < 1.29 is 18.4 Å². The Labute approximate surface area is 182 Å². The molecule has 0 bridgehead atoms. The Morgan fingerprint density at radius 2 is 2.03 bits per heavy atom. The van der Waals surface area contributed by atoms with E-state index in [0.717, 1.165) is 11.3 Å². The van der Waals surface area contributed by atoms with Crippen LogP contribution >= 0.6 is 0 Å². The number of methoxy groups -OCH3 is 1. The van der Waals surface area contributed by atoms with Gasteiger partial charge in [-0.05, 0) is 66.2 Å². The third-order valence-corrected chi connectivity index (χ3v) is 4.70. The maximum absolute atomic E-state index is 14.2. The fraction of sp³-hybridized carbons (Fsp3) is 0.238. The van der Waals surface area contributed by atoms with Crippen LogP contribution in [0, 0.1) is 12.7 Å². The molecule has 10 nitrogen and oxygen atoms in total. The van der Waals surface area contributed by atoms with E-state index in [1.165, 1.54) is 22.9 Å². The van der Waals surface area contributed by atoms with E-state index in [2.05, 4.69) is 31.0 Å². The van der Waals surface area contributed by atoms with Crippen LogP contribution in [0.25, 0.3) is 17.1 Å². The lowest BCUT2D eigenvalue weighted by atomic mass is 10.2. The Hall–Kier alpha value is -4.15. The Balaban J connectivity index is 1.32. The highest BCUT2D eigenvalue weighted by atomic mass is 19.1. The number of aryl methyl sites for hydroxylation is 2. The molecule has 0 spiro atoms. The average molecular weight is 437 g/mol. The van der Waals surface area contributed by atoms with Gasteiger partial charge in [-0.25, -0.2) is 4.39 Å². The molecule has 0 radical (unpaired) electrons. The molecule has 1 amide bonds. The molecule has 2 heterocycles. The summed E-state index contributed by atoms with van der Waals surface area (Å²) in [6, 6.07) is 11.6. The second-order valence-corrected chi connectivity index (χ2v) is 6.94. The quantitative estimate of drug-likeness (QED) is 0.446. The van der Waals surface area contributed by atoms with E-state index in [4.69, 9.17) is 9.26 Å². The van der Waals surface area contributed by atoms with Gasteiger partial charge in [0.05, 0.1) is 18.5 Å². The molecule has 0 unspecified atom stereocenters. The minimum atomic E-state index is -0.547. The van der Waals surface area contributed by atoms with Crippen LogP contribution in [-0.4, -0.2) is 43.4 Å². The van der Waals surface area contributed by atoms with Crippen LogP contribution < -0.4 is 10.1 Å². The van der Waals surface area contributed by atoms with Gasteiger partial charge in [-0.15, -0.1) is 5.10 Å². The Morgan fingerprint density at radius 3 is 2.75 bits per heavy atom. The zero-order chi connectivity index (χ0) is 22.5. The molecule has 1 N–H and O–H groups in total. The number of nitrogens with zero attached hydrogens (tertiary/aromatic N) is 6. The minimum Gasteiger partial charge on any atom is -0.497 e. The summed E-state index contributed by atoms with van der Waals surface area (Å²) in [7, 11) is 1.60. The Morgan fingerprint density at radius 1 is 1.22 bits per heavy atom. The number of amides is 1. The number of aromatic nitrogens is 6. The smallest absolute Gasteiger partial charge is 0.226 e. The molecular weight excluding hydrogens is 417 g/mol. The normalized spacial score (nSPS) is 10.8. The molecule has 0 saturated carbocycles. The number of hydrogen-bond acceptors (Lipinski definition) is 8. The lowest BCUT2D eigenvalue weighted by Gasteiger charge is -2.09. The summed E-state index contributed by atoms with van der Waals surface area (Å²) >= 11 is 0. The van der Waals surface area contributed by atoms with Gasteiger partial charge in [0.1, 0.15) is 11.6 Å². The van der Waals surface area contributed by atoms with E-state index in [1.54, 1.807) is 14.0 Å². The van der Waals surface area contributed by atoms with Gasteiger partial charge in [0.25, 0.3) is 0 Å². The molecular formula is C21H20FN7O3. The second kappa shape index (κ2) is 9.33. The van der Waals surface area contributed by atoms with Gasteiger partial charge in [-0.3, -0.25) is 4.79 Å². The van der Waals surface area contributed by atoms with E-state index < -0.39 is 5.82 Å². The third kappa shape index (κ3) is 4.77. The van der Waals surface area contributed by atoms with Crippen LogP contribution in [0.2, 0.25) is 0 Å². The number of nitrogens with one attached hydrogen (secondary N) is 1. The minimum absolute atomic E-state index is 0.0574. The van der Waals surface area contributed by atoms with Gasteiger partial charge in [-0.2, -0.15) is 9.67 Å². The summed E-state index contributed by atoms with van der Waals surface area (Å²) in [6.45, 7) is 1.72. The van der Waals surface area contributed by atoms with Crippen molar-refractivity contribution in [3.63, 3.8) is 0 Å². The van der Waals surface area contributed by atoms with Gasteiger partial charge >= 0.3 is 0 Å². The molecule has 0 saturated heterocycles. The van der Waals surface area contributed by atoms with Crippen molar-refractivity contribution in [1.29, 1.82) is 0 Å². The first-order valence-corrected chi connectivity index (χ1v) is 9.85. The van der Waals surface area contributed by atoms with Crippen LogP contribution in [0.5, 0.6) is 5.75 Å². The lowest BCUT2D eigenvalue weighted by Crippen LogP contribution is -2.13. The number of ether oxygens (including phenoxy) is 1. The van der Waals surface area contributed by atoms with E-state index in [0.29, 0.717) is 36.1 Å². The van der Waals surface area contributed by atoms with Crippen LogP contribution in [0.4, 0.5) is 10.1 Å². The summed E-state index contributed by atoms with van der Waals surface area (Å²) in [5.41, 5.74) is 1.40. The number of benzene rings is 2. The van der Waals surface area contributed by atoms with Gasteiger partial charge in [0, 0.05) is 18.4 Å². The molecule has 0 fully saturated rings. The molecule has 4 aromatic rings. The summed E-state index contributed by atoms with van der Waals surface area (Å²) in [6.07, 6.45) is 1.04. The topological polar surface area (TPSA) is 121 Å². The molecule has 2 aromatic heterocycles. The molecule has 0 aliphatic heterocycles. The lowest BCUT2D eigenvalue weighted by molar-refractivity contribution is -0.116. The highest BCUT2D eigenvalue weighted by Crippen LogP contribution is 2.21. The maximum atomic E-state index is 14.2. The number of rotatable bonds is 8. The molecule has 11 heteroatoms. The predicted octanol–water partition coefficient (Wildman–Crippen LogP) is 3.13. The Kier molecular flexibility index (Phi) is 6.15. The molecule has 0 aliphatic carbocycles. The van der Waals surface area contributed by atoms with Crippen molar-refractivity contribution in [1.82, 2.24) is 30.3 Å². The fourth-order valence-corrected chi connectivity index (χ4v) is 3.04. The van der Waals surface area contributed by atoms with Crippen molar-refractivity contribution in [2.45, 2.75) is 26.2 Å². The first-order valence-electron chi connectivity index (χ1n) is 9.85. The standard InChI is InChI=1S/C21H20FN7O3/c1-13-25-27-28-29(13)15-8-11-17(22)18(12-15)23-19(30)4-3-5-20-24-21(26-32-20)14-6-9-16(31-2)10-7-14/h6-12H,3-5H2,1-2H3,(H,23,30). The number of carbonyl (C=O) groups excluding carboxylic acids is 1. The SMILES string of the molecule is COc1ccc(-c2noc(CCCC(=O)Nc3cc(-n4nnnc4C)ccc3F)n2)cc1. The van der Waals surface area contributed by atoms with E-state index in [1.807, 2.05) is 24.3 Å². The van der Waals surface area contributed by atoms with Crippen LogP contribution in [-0.2, 0) is 11.2 Å². The summed E-state index contributed by atoms with van der Waals surface area (Å²) in [5, 5.41) is 17.8. The fourth-order valence-electron chi connectivity index (χ4n) is 3.04. The highest BCUT2D eigenvalue weighted by molar-refractivity contribution is 5.91. The zero-order valence-corrected chi connectivity index (χ0v) is 17.4. The average Bonchev–Trinajstić information content (AvgIpc) is 3.44. The van der Waals surface area contributed by atoms with Gasteiger partial charge in [0.2, 0.25) is 17.6 Å². The highest BCUT2D eigenvalue weighted by Gasteiger charge is 2.13. The van der Waals surface area contributed by atoms with Gasteiger partial charge < -0.3 is 14.6 Å². The molecule has 0 atom stereocenters. The number of carbonyl (C=O) groups is 1. The van der Waals surface area contributed by atoms with Crippen molar-refractivity contribution in [3.05, 3.63) is 60.0 Å². The van der Waals surface area contributed by atoms with Gasteiger partial charge in [-0.1, -0.05) is 5.16 Å². The van der Waals surface area contributed by atoms with Crippen LogP contribution in [0.15, 0.2) is 47.0 Å². The van der Waals surface area contributed by atoms with Crippen molar-refractivity contribution >= 4 is 11.6 Å². The monoisotopic (exact) mass is 437 g/mol. The maximum Gasteiger partial charge on any atom is 0.226 e. The summed E-state index contributed by atoms with van der Waals surface area (Å²) in [5.74, 6) is 1.29. The van der Waals surface area contributed by atoms with Crippen LogP contribution in [0.3, 0.4) is 0 Å². The first-order chi connectivity index (χ1) is 15.5. The Bertz CT molecular complexity index is 1220. The molecule has 32 heavy (non-hydrogen) atoms. The van der Waals surface area contributed by atoms with E-state index in [-0.39, 0.29) is 18.0 Å². The molecule has 164 valence electrons. The van der Waals surface area contributed by atoms with E-state index >= 15 is 0 Å². The largest absolute Gasteiger partial charge is 0.497 e. The molecule has 4 rings (SSSR count). The third-order valence-electron chi connectivity index (χ3n) is 4.70. The van der Waals surface area contributed by atoms with Crippen molar-refractivity contribution in [3.8, 4) is 22.8 Å². The van der Waals surface area contributed by atoms with Gasteiger partial charge in [0.15, 0.2) is 5.82 Å². The summed E-state index contributed by atoms with van der Waals surface area (Å²) < 4.78 is 26.0. The van der Waals surface area contributed by atoms with Crippen molar-refractivity contribution in [2.24, 2.45) is 0 Å². The number of hydrogen-bond donors (Lipinski definition) is 1. The number of tetrazole rings is 1. The molecule has 2 aromatic carbocycles. The first kappa shape index (κ1) is 21.1. The predicted molar refractivity (Wildman–Crippen MR) is 112 cm³/mol. The number of anilines is 1.